The van der Waals surface area contributed by atoms with Crippen molar-refractivity contribution in [1.82, 2.24) is 9.78 Å². The molecule has 0 amide bonds. The van der Waals surface area contributed by atoms with Crippen LogP contribution in [0.2, 0.25) is 0 Å². The van der Waals surface area contributed by atoms with Crippen molar-refractivity contribution in [3.8, 4) is 11.3 Å². The van der Waals surface area contributed by atoms with E-state index in [-0.39, 0.29) is 0 Å². The second-order valence-corrected chi connectivity index (χ2v) is 4.48. The normalized spacial score (nSPS) is 10.2. The van der Waals surface area contributed by atoms with Gasteiger partial charge in [-0.3, -0.25) is 9.48 Å². The van der Waals surface area contributed by atoms with Crippen LogP contribution in [0.4, 0.5) is 5.69 Å². The van der Waals surface area contributed by atoms with Crippen molar-refractivity contribution in [1.29, 1.82) is 0 Å². The lowest BCUT2D eigenvalue weighted by Gasteiger charge is -2.12. The van der Waals surface area contributed by atoms with Crippen LogP contribution in [0.1, 0.15) is 10.5 Å². The van der Waals surface area contributed by atoms with Gasteiger partial charge in [0.05, 0.1) is 12.2 Å². The van der Waals surface area contributed by atoms with Gasteiger partial charge in [0.1, 0.15) is 5.69 Å². The topological polar surface area (TPSA) is 38.1 Å². The van der Waals surface area contributed by atoms with Crippen molar-refractivity contribution >= 4 is 12.0 Å². The maximum absolute atomic E-state index is 11.0. The van der Waals surface area contributed by atoms with Crippen molar-refractivity contribution in [3.63, 3.8) is 0 Å². The molecule has 0 radical (unpaired) electrons. The molecule has 0 unspecified atom stereocenters. The van der Waals surface area contributed by atoms with Gasteiger partial charge >= 0.3 is 0 Å². The number of rotatable bonds is 5. The fourth-order valence-corrected chi connectivity index (χ4v) is 1.87. The zero-order chi connectivity index (χ0) is 13.8. The molecular weight excluding hydrogens is 238 g/mol. The molecule has 0 N–H and O–H groups in total. The standard InChI is InChI=1S/C15H17N3O/c1-4-9-18-14(11-19)10-15(16-18)12-5-7-13(8-6-12)17(2)3/h4-8,10-11H,1,9H2,2-3H3. The largest absolute Gasteiger partial charge is 0.378 e. The van der Waals surface area contributed by atoms with Gasteiger partial charge in [0.15, 0.2) is 6.29 Å². The molecule has 0 saturated heterocycles. The molecule has 0 atom stereocenters. The third-order valence-electron chi connectivity index (χ3n) is 2.91. The van der Waals surface area contributed by atoms with Gasteiger partial charge in [0.2, 0.25) is 0 Å². The first-order chi connectivity index (χ1) is 9.15. The highest BCUT2D eigenvalue weighted by molar-refractivity contribution is 5.76. The summed E-state index contributed by atoms with van der Waals surface area (Å²) < 4.78 is 1.65. The lowest BCUT2D eigenvalue weighted by atomic mass is 10.1. The summed E-state index contributed by atoms with van der Waals surface area (Å²) in [5.41, 5.74) is 3.49. The molecule has 0 aliphatic rings. The van der Waals surface area contributed by atoms with E-state index in [9.17, 15) is 4.79 Å². The molecule has 4 heteroatoms. The molecule has 1 heterocycles. The van der Waals surface area contributed by atoms with Gasteiger partial charge in [-0.25, -0.2) is 0 Å². The molecule has 0 aliphatic heterocycles. The molecule has 0 fully saturated rings. The van der Waals surface area contributed by atoms with Crippen molar-refractivity contribution in [3.05, 3.63) is 48.7 Å². The zero-order valence-corrected chi connectivity index (χ0v) is 11.2. The first kappa shape index (κ1) is 13.1. The summed E-state index contributed by atoms with van der Waals surface area (Å²) >= 11 is 0. The number of carbonyl (C=O) groups is 1. The monoisotopic (exact) mass is 255 g/mol. The number of carbonyl (C=O) groups excluding carboxylic acids is 1. The van der Waals surface area contributed by atoms with E-state index in [0.29, 0.717) is 12.2 Å². The lowest BCUT2D eigenvalue weighted by molar-refractivity contribution is 0.111. The quantitative estimate of drug-likeness (QED) is 0.609. The molecule has 0 aliphatic carbocycles. The van der Waals surface area contributed by atoms with Gasteiger partial charge in [0.25, 0.3) is 0 Å². The van der Waals surface area contributed by atoms with E-state index in [2.05, 4.69) is 11.7 Å². The summed E-state index contributed by atoms with van der Waals surface area (Å²) in [7, 11) is 4.00. The molecule has 0 bridgehead atoms. The number of allylic oxidation sites excluding steroid dienone is 1. The minimum atomic E-state index is 0.532. The first-order valence-electron chi connectivity index (χ1n) is 6.07. The van der Waals surface area contributed by atoms with Crippen LogP contribution < -0.4 is 4.90 Å². The van der Waals surface area contributed by atoms with Gasteiger partial charge in [-0.05, 0) is 18.2 Å². The third kappa shape index (κ3) is 2.73. The fraction of sp³-hybridized carbons (Fsp3) is 0.200. The van der Waals surface area contributed by atoms with Crippen molar-refractivity contribution in [2.45, 2.75) is 6.54 Å². The van der Waals surface area contributed by atoms with E-state index in [0.717, 1.165) is 23.2 Å². The highest BCUT2D eigenvalue weighted by atomic mass is 16.1. The van der Waals surface area contributed by atoms with Gasteiger partial charge < -0.3 is 4.90 Å². The summed E-state index contributed by atoms with van der Waals surface area (Å²) in [4.78, 5) is 13.0. The Labute approximate surface area is 113 Å². The van der Waals surface area contributed by atoms with Crippen LogP contribution in [0, 0.1) is 0 Å². The van der Waals surface area contributed by atoms with Gasteiger partial charge in [-0.15, -0.1) is 6.58 Å². The highest BCUT2D eigenvalue weighted by Gasteiger charge is 2.08. The molecule has 4 nitrogen and oxygen atoms in total. The van der Waals surface area contributed by atoms with Gasteiger partial charge in [-0.2, -0.15) is 5.10 Å². The number of hydrogen-bond donors (Lipinski definition) is 0. The van der Waals surface area contributed by atoms with Crippen molar-refractivity contribution in [2.75, 3.05) is 19.0 Å². The fourth-order valence-electron chi connectivity index (χ4n) is 1.87. The minimum Gasteiger partial charge on any atom is -0.378 e. The Morgan fingerprint density at radius 1 is 1.32 bits per heavy atom. The van der Waals surface area contributed by atoms with Crippen LogP contribution in [0.25, 0.3) is 11.3 Å². The molecule has 1 aromatic heterocycles. The Morgan fingerprint density at radius 3 is 2.53 bits per heavy atom. The molecule has 2 aromatic rings. The summed E-state index contributed by atoms with van der Waals surface area (Å²) in [5, 5.41) is 4.42. The Balaban J connectivity index is 2.35. The van der Waals surface area contributed by atoms with E-state index in [1.807, 2.05) is 43.3 Å². The van der Waals surface area contributed by atoms with Crippen LogP contribution in [-0.4, -0.2) is 30.2 Å². The second-order valence-electron chi connectivity index (χ2n) is 4.48. The number of benzene rings is 1. The highest BCUT2D eigenvalue weighted by Crippen LogP contribution is 2.22. The number of hydrogen-bond acceptors (Lipinski definition) is 3. The second kappa shape index (κ2) is 5.52. The van der Waals surface area contributed by atoms with Gasteiger partial charge in [0, 0.05) is 25.3 Å². The molecular formula is C15H17N3O. The summed E-state index contributed by atoms with van der Waals surface area (Å²) in [6.45, 7) is 4.19. The van der Waals surface area contributed by atoms with E-state index in [4.69, 9.17) is 0 Å². The van der Waals surface area contributed by atoms with Crippen molar-refractivity contribution < 1.29 is 4.79 Å². The molecule has 0 saturated carbocycles. The van der Waals surface area contributed by atoms with E-state index in [1.165, 1.54) is 0 Å². The molecule has 19 heavy (non-hydrogen) atoms. The number of aromatic nitrogens is 2. The predicted molar refractivity (Wildman–Crippen MR) is 77.6 cm³/mol. The number of aldehydes is 1. The molecule has 2 rings (SSSR count). The average Bonchev–Trinajstić information content (AvgIpc) is 2.82. The number of nitrogens with zero attached hydrogens (tertiary/aromatic N) is 3. The smallest absolute Gasteiger partial charge is 0.168 e. The summed E-state index contributed by atoms with van der Waals surface area (Å²) in [5.74, 6) is 0. The molecule has 0 spiro atoms. The Kier molecular flexibility index (Phi) is 3.80. The zero-order valence-electron chi connectivity index (χ0n) is 11.2. The maximum atomic E-state index is 11.0. The lowest BCUT2D eigenvalue weighted by Crippen LogP contribution is -2.07. The number of anilines is 1. The SMILES string of the molecule is C=CCn1nc(-c2ccc(N(C)C)cc2)cc1C=O. The molecule has 1 aromatic carbocycles. The Hall–Kier alpha value is -2.36. The van der Waals surface area contributed by atoms with Crippen LogP contribution in [0.3, 0.4) is 0 Å². The summed E-state index contributed by atoms with van der Waals surface area (Å²) in [6.07, 6.45) is 2.53. The van der Waals surface area contributed by atoms with Gasteiger partial charge in [-0.1, -0.05) is 18.2 Å². The van der Waals surface area contributed by atoms with E-state index < -0.39 is 0 Å². The van der Waals surface area contributed by atoms with E-state index in [1.54, 1.807) is 16.8 Å². The average molecular weight is 255 g/mol. The van der Waals surface area contributed by atoms with Crippen LogP contribution >= 0.6 is 0 Å². The van der Waals surface area contributed by atoms with Crippen molar-refractivity contribution in [2.24, 2.45) is 0 Å². The van der Waals surface area contributed by atoms with E-state index >= 15 is 0 Å². The van der Waals surface area contributed by atoms with Crippen LogP contribution in [-0.2, 0) is 6.54 Å². The van der Waals surface area contributed by atoms with Crippen LogP contribution in [0.15, 0.2) is 43.0 Å². The minimum absolute atomic E-state index is 0.532. The Morgan fingerprint density at radius 2 is 2.00 bits per heavy atom. The summed E-state index contributed by atoms with van der Waals surface area (Å²) in [6, 6.07) is 9.86. The predicted octanol–water partition coefficient (Wildman–Crippen LogP) is 2.61. The Bertz CT molecular complexity index is 582. The third-order valence-corrected chi connectivity index (χ3v) is 2.91. The molecule has 98 valence electrons. The van der Waals surface area contributed by atoms with Crippen LogP contribution in [0.5, 0.6) is 0 Å². The first-order valence-corrected chi connectivity index (χ1v) is 6.07. The maximum Gasteiger partial charge on any atom is 0.168 e.